The fourth-order valence-corrected chi connectivity index (χ4v) is 3.24. The van der Waals surface area contributed by atoms with E-state index in [0.717, 1.165) is 12.8 Å². The summed E-state index contributed by atoms with van der Waals surface area (Å²) in [6.45, 7) is 6.33. The second kappa shape index (κ2) is 19.9. The number of hydrogen-bond acceptors (Lipinski definition) is 2. The number of aliphatic hydroxyl groups is 1. The lowest BCUT2D eigenvalue weighted by atomic mass is 10.0. The molecule has 0 saturated heterocycles. The van der Waals surface area contributed by atoms with Crippen molar-refractivity contribution in [1.29, 1.82) is 0 Å². The van der Waals surface area contributed by atoms with Crippen LogP contribution in [0, 0.1) is 5.92 Å². The van der Waals surface area contributed by atoms with Gasteiger partial charge in [-0.2, -0.15) is 0 Å². The Bertz CT molecular complexity index is 352. The van der Waals surface area contributed by atoms with Gasteiger partial charge in [-0.15, -0.1) is 0 Å². The van der Waals surface area contributed by atoms with Gasteiger partial charge in [-0.25, -0.2) is 0 Å². The van der Waals surface area contributed by atoms with Crippen molar-refractivity contribution in [3.63, 3.8) is 0 Å². The molecule has 0 unspecified atom stereocenters. The second-order valence-electron chi connectivity index (χ2n) is 8.29. The van der Waals surface area contributed by atoms with E-state index in [4.69, 9.17) is 0 Å². The van der Waals surface area contributed by atoms with Crippen molar-refractivity contribution in [1.82, 2.24) is 5.32 Å². The van der Waals surface area contributed by atoms with Crippen LogP contribution < -0.4 is 5.32 Å². The zero-order valence-corrected chi connectivity index (χ0v) is 18.5. The summed E-state index contributed by atoms with van der Waals surface area (Å²) in [5.74, 6) is 0.358. The smallest absolute Gasteiger partial charge is 0.220 e. The molecular weight excluding hydrogens is 334 g/mol. The van der Waals surface area contributed by atoms with Gasteiger partial charge >= 0.3 is 0 Å². The molecular formula is C24H47NO2. The van der Waals surface area contributed by atoms with Gasteiger partial charge < -0.3 is 10.4 Å². The highest BCUT2D eigenvalue weighted by Crippen LogP contribution is 2.11. The maximum atomic E-state index is 11.8. The average molecular weight is 382 g/mol. The Kier molecular flexibility index (Phi) is 19.3. The molecule has 0 aliphatic carbocycles. The number of rotatable bonds is 19. The molecule has 0 aromatic rings. The third kappa shape index (κ3) is 18.3. The topological polar surface area (TPSA) is 49.3 Å². The number of amides is 1. The Balaban J connectivity index is 3.33. The molecule has 0 aromatic heterocycles. The number of nitrogens with one attached hydrogen (secondary N) is 1. The quantitative estimate of drug-likeness (QED) is 0.197. The summed E-state index contributed by atoms with van der Waals surface area (Å²) in [5, 5.41) is 12.2. The molecule has 0 aliphatic heterocycles. The van der Waals surface area contributed by atoms with Crippen LogP contribution in [-0.2, 0) is 4.79 Å². The third-order valence-electron chi connectivity index (χ3n) is 5.26. The van der Waals surface area contributed by atoms with E-state index in [0.29, 0.717) is 6.42 Å². The van der Waals surface area contributed by atoms with Crippen LogP contribution in [0.5, 0.6) is 0 Å². The molecule has 27 heavy (non-hydrogen) atoms. The van der Waals surface area contributed by atoms with Gasteiger partial charge in [0.15, 0.2) is 0 Å². The van der Waals surface area contributed by atoms with Gasteiger partial charge in [0.05, 0.1) is 12.6 Å². The summed E-state index contributed by atoms with van der Waals surface area (Å²) in [6, 6.07) is -0.105. The first-order valence-corrected chi connectivity index (χ1v) is 11.7. The molecule has 1 amide bonds. The fourth-order valence-electron chi connectivity index (χ4n) is 3.24. The minimum Gasteiger partial charge on any atom is -0.394 e. The van der Waals surface area contributed by atoms with E-state index in [1.165, 1.54) is 77.0 Å². The van der Waals surface area contributed by atoms with E-state index < -0.39 is 0 Å². The van der Waals surface area contributed by atoms with Crippen LogP contribution in [-0.4, -0.2) is 23.7 Å². The lowest BCUT2D eigenvalue weighted by Gasteiger charge is -2.19. The Labute approximate surface area is 169 Å². The largest absolute Gasteiger partial charge is 0.394 e. The average Bonchev–Trinajstić information content (AvgIpc) is 2.65. The van der Waals surface area contributed by atoms with Crippen LogP contribution >= 0.6 is 0 Å². The normalized spacial score (nSPS) is 12.8. The summed E-state index contributed by atoms with van der Waals surface area (Å²) in [6.07, 6.45) is 23.3. The Morgan fingerprint density at radius 1 is 0.815 bits per heavy atom. The minimum atomic E-state index is -0.105. The van der Waals surface area contributed by atoms with Gasteiger partial charge in [0.1, 0.15) is 0 Å². The summed E-state index contributed by atoms with van der Waals surface area (Å²) >= 11 is 0. The standard InChI is InChI=1S/C24H47NO2/c1-4-5-6-7-8-9-10-11-12-13-14-15-16-17-18-19-20-24(27)25-23(21-26)22(2)3/h11-12,22-23,26H,4-10,13-21H2,1-3H3,(H,25,27)/b12-11-/t23-/m1/s1. The maximum absolute atomic E-state index is 11.8. The highest BCUT2D eigenvalue weighted by molar-refractivity contribution is 5.76. The molecule has 3 heteroatoms. The SMILES string of the molecule is CCCCCCCC/C=C\CCCCCCCCC(=O)N[C@H](CO)C(C)C. The van der Waals surface area contributed by atoms with Crippen LogP contribution in [0.25, 0.3) is 0 Å². The monoisotopic (exact) mass is 381 g/mol. The molecule has 0 rings (SSSR count). The highest BCUT2D eigenvalue weighted by Gasteiger charge is 2.14. The molecule has 0 spiro atoms. The second-order valence-corrected chi connectivity index (χ2v) is 8.29. The number of allylic oxidation sites excluding steroid dienone is 2. The predicted molar refractivity (Wildman–Crippen MR) is 118 cm³/mol. The van der Waals surface area contributed by atoms with Crippen molar-refractivity contribution in [2.75, 3.05) is 6.61 Å². The third-order valence-corrected chi connectivity index (χ3v) is 5.26. The Hall–Kier alpha value is -0.830. The maximum Gasteiger partial charge on any atom is 0.220 e. The number of carbonyl (C=O) groups is 1. The molecule has 3 nitrogen and oxygen atoms in total. The lowest BCUT2D eigenvalue weighted by molar-refractivity contribution is -0.122. The first-order valence-electron chi connectivity index (χ1n) is 11.7. The van der Waals surface area contributed by atoms with Gasteiger partial charge in [0.25, 0.3) is 0 Å². The van der Waals surface area contributed by atoms with Crippen LogP contribution in [0.1, 0.15) is 117 Å². The number of aliphatic hydroxyl groups excluding tert-OH is 1. The van der Waals surface area contributed by atoms with E-state index in [1.54, 1.807) is 0 Å². The summed E-state index contributed by atoms with van der Waals surface area (Å²) in [4.78, 5) is 11.8. The molecule has 2 N–H and O–H groups in total. The Morgan fingerprint density at radius 3 is 1.78 bits per heavy atom. The van der Waals surface area contributed by atoms with E-state index >= 15 is 0 Å². The van der Waals surface area contributed by atoms with Crippen LogP contribution in [0.15, 0.2) is 12.2 Å². The number of carbonyl (C=O) groups excluding carboxylic acids is 1. The van der Waals surface area contributed by atoms with Crippen LogP contribution in [0.4, 0.5) is 0 Å². The highest BCUT2D eigenvalue weighted by atomic mass is 16.3. The van der Waals surface area contributed by atoms with E-state index in [9.17, 15) is 9.90 Å². The van der Waals surface area contributed by atoms with Crippen LogP contribution in [0.3, 0.4) is 0 Å². The molecule has 0 bridgehead atoms. The summed E-state index contributed by atoms with van der Waals surface area (Å²) in [7, 11) is 0. The van der Waals surface area contributed by atoms with Crippen molar-refractivity contribution in [3.05, 3.63) is 12.2 Å². The molecule has 0 aliphatic rings. The number of hydrogen-bond donors (Lipinski definition) is 2. The fraction of sp³-hybridized carbons (Fsp3) is 0.875. The molecule has 0 heterocycles. The number of unbranched alkanes of at least 4 members (excludes halogenated alkanes) is 12. The van der Waals surface area contributed by atoms with Crippen molar-refractivity contribution in [3.8, 4) is 0 Å². The summed E-state index contributed by atoms with van der Waals surface area (Å²) < 4.78 is 0. The predicted octanol–water partition coefficient (Wildman–Crippen LogP) is 6.55. The van der Waals surface area contributed by atoms with Gasteiger partial charge in [0.2, 0.25) is 5.91 Å². The van der Waals surface area contributed by atoms with Gasteiger partial charge in [-0.3, -0.25) is 4.79 Å². The van der Waals surface area contributed by atoms with E-state index in [-0.39, 0.29) is 24.5 Å². The van der Waals surface area contributed by atoms with Gasteiger partial charge in [0, 0.05) is 6.42 Å². The molecule has 160 valence electrons. The zero-order chi connectivity index (χ0) is 20.2. The lowest BCUT2D eigenvalue weighted by Crippen LogP contribution is -2.41. The van der Waals surface area contributed by atoms with Crippen molar-refractivity contribution < 1.29 is 9.90 Å². The first-order chi connectivity index (χ1) is 13.1. The van der Waals surface area contributed by atoms with Crippen LogP contribution in [0.2, 0.25) is 0 Å². The molecule has 0 saturated carbocycles. The molecule has 1 atom stereocenters. The van der Waals surface area contributed by atoms with Crippen molar-refractivity contribution in [2.24, 2.45) is 5.92 Å². The first kappa shape index (κ1) is 26.2. The van der Waals surface area contributed by atoms with E-state index in [1.807, 2.05) is 13.8 Å². The molecule has 0 fully saturated rings. The Morgan fingerprint density at radius 2 is 1.30 bits per heavy atom. The van der Waals surface area contributed by atoms with Crippen molar-refractivity contribution in [2.45, 2.75) is 123 Å². The zero-order valence-electron chi connectivity index (χ0n) is 18.5. The van der Waals surface area contributed by atoms with Crippen molar-refractivity contribution >= 4 is 5.91 Å². The molecule has 0 aromatic carbocycles. The summed E-state index contributed by atoms with van der Waals surface area (Å²) in [5.41, 5.74) is 0. The van der Waals surface area contributed by atoms with Gasteiger partial charge in [-0.05, 0) is 38.0 Å². The minimum absolute atomic E-state index is 0.0246. The van der Waals surface area contributed by atoms with Gasteiger partial charge in [-0.1, -0.05) is 90.7 Å². The molecule has 0 radical (unpaired) electrons. The van der Waals surface area contributed by atoms with E-state index in [2.05, 4.69) is 24.4 Å².